The number of amides is 1. The maximum Gasteiger partial charge on any atom is 0.305 e. The summed E-state index contributed by atoms with van der Waals surface area (Å²) in [5.74, 6) is -0.00984. The third-order valence-electron chi connectivity index (χ3n) is 16.2. The van der Waals surface area contributed by atoms with Crippen LogP contribution < -0.4 is 5.32 Å². The number of unbranched alkanes of at least 4 members (excludes halogenated alkanes) is 53. The van der Waals surface area contributed by atoms with E-state index in [0.29, 0.717) is 25.9 Å². The molecule has 6 nitrogen and oxygen atoms in total. The molecule has 0 spiro atoms. The van der Waals surface area contributed by atoms with Gasteiger partial charge in [-0.15, -0.1) is 0 Å². The van der Waals surface area contributed by atoms with Crippen molar-refractivity contribution in [3.63, 3.8) is 0 Å². The zero-order valence-electron chi connectivity index (χ0n) is 49.9. The van der Waals surface area contributed by atoms with E-state index in [2.05, 4.69) is 19.2 Å². The van der Waals surface area contributed by atoms with Gasteiger partial charge >= 0.3 is 5.97 Å². The maximum atomic E-state index is 12.5. The van der Waals surface area contributed by atoms with Crippen LogP contribution in [0.2, 0.25) is 0 Å². The van der Waals surface area contributed by atoms with Gasteiger partial charge in [0.2, 0.25) is 5.91 Å². The van der Waals surface area contributed by atoms with E-state index in [0.717, 1.165) is 38.5 Å². The van der Waals surface area contributed by atoms with E-state index in [4.69, 9.17) is 4.74 Å². The summed E-state index contributed by atoms with van der Waals surface area (Å²) in [6.45, 7) is 4.99. The van der Waals surface area contributed by atoms with E-state index in [9.17, 15) is 19.8 Å². The normalized spacial score (nSPS) is 12.4. The highest BCUT2D eigenvalue weighted by atomic mass is 16.5. The number of hydrogen-bond donors (Lipinski definition) is 3. The minimum atomic E-state index is -0.662. The molecule has 0 saturated carbocycles. The fourth-order valence-corrected chi connectivity index (χ4v) is 11.0. The number of hydrogen-bond acceptors (Lipinski definition) is 5. The van der Waals surface area contributed by atoms with Crippen LogP contribution in [0.1, 0.15) is 393 Å². The summed E-state index contributed by atoms with van der Waals surface area (Å²) in [6.07, 6.45) is 75.7. The van der Waals surface area contributed by atoms with E-state index in [1.807, 2.05) is 0 Å². The molecular weight excluding hydrogens is 899 g/mol. The largest absolute Gasteiger partial charge is 0.466 e. The van der Waals surface area contributed by atoms with Crippen molar-refractivity contribution in [2.75, 3.05) is 13.2 Å². The molecule has 2 atom stereocenters. The van der Waals surface area contributed by atoms with Crippen molar-refractivity contribution in [1.82, 2.24) is 5.32 Å². The molecule has 6 heteroatoms. The Hall–Kier alpha value is -1.14. The van der Waals surface area contributed by atoms with E-state index >= 15 is 0 Å². The first-order valence-corrected chi connectivity index (χ1v) is 33.8. The average Bonchev–Trinajstić information content (AvgIpc) is 3.39. The summed E-state index contributed by atoms with van der Waals surface area (Å²) in [7, 11) is 0. The molecule has 0 aromatic rings. The molecule has 0 bridgehead atoms. The average molecular weight is 1030 g/mol. The molecular formula is C67H133NO5. The monoisotopic (exact) mass is 1030 g/mol. The molecule has 0 saturated heterocycles. The smallest absolute Gasteiger partial charge is 0.305 e. The number of carbonyl (C=O) groups is 2. The second kappa shape index (κ2) is 63.4. The third kappa shape index (κ3) is 60.0. The summed E-state index contributed by atoms with van der Waals surface area (Å²) in [4.78, 5) is 24.5. The Labute approximate surface area is 457 Å². The predicted octanol–water partition coefficient (Wildman–Crippen LogP) is 21.4. The van der Waals surface area contributed by atoms with Gasteiger partial charge in [0.15, 0.2) is 0 Å². The van der Waals surface area contributed by atoms with Gasteiger partial charge < -0.3 is 20.3 Å². The molecule has 0 rings (SSSR count). The van der Waals surface area contributed by atoms with E-state index < -0.39 is 12.1 Å². The van der Waals surface area contributed by atoms with Gasteiger partial charge in [0.1, 0.15) is 0 Å². The van der Waals surface area contributed by atoms with Gasteiger partial charge in [-0.25, -0.2) is 0 Å². The Kier molecular flexibility index (Phi) is 62.4. The van der Waals surface area contributed by atoms with Gasteiger partial charge in [0, 0.05) is 12.8 Å². The van der Waals surface area contributed by atoms with Gasteiger partial charge in [0.25, 0.3) is 0 Å². The first-order chi connectivity index (χ1) is 36.0. The van der Waals surface area contributed by atoms with Crippen molar-refractivity contribution in [2.24, 2.45) is 0 Å². The Bertz CT molecular complexity index is 1050. The standard InChI is InChI=1S/C67H133NO5/c1-3-5-7-9-11-13-15-16-17-18-27-30-33-36-40-43-47-51-55-59-65(70)64(63-69)68-66(71)60-56-52-48-44-41-37-34-31-28-25-23-21-19-20-22-24-26-29-32-35-38-42-46-50-54-58-62-73-67(72)61-57-53-49-45-39-14-12-10-8-6-4-2/h64-65,69-70H,3-63H2,1-2H3,(H,68,71). The van der Waals surface area contributed by atoms with Crippen LogP contribution in [0.5, 0.6) is 0 Å². The molecule has 2 unspecified atom stereocenters. The zero-order valence-corrected chi connectivity index (χ0v) is 49.9. The first kappa shape index (κ1) is 71.9. The molecule has 0 aliphatic heterocycles. The molecule has 1 amide bonds. The molecule has 0 fully saturated rings. The molecule has 436 valence electrons. The lowest BCUT2D eigenvalue weighted by atomic mass is 10.0. The van der Waals surface area contributed by atoms with Crippen LogP contribution in [0.25, 0.3) is 0 Å². The molecule has 0 radical (unpaired) electrons. The summed E-state index contributed by atoms with van der Waals surface area (Å²) in [6, 6.07) is -0.539. The molecule has 73 heavy (non-hydrogen) atoms. The highest BCUT2D eigenvalue weighted by Crippen LogP contribution is 2.19. The lowest BCUT2D eigenvalue weighted by molar-refractivity contribution is -0.143. The van der Waals surface area contributed by atoms with Crippen LogP contribution in [-0.4, -0.2) is 47.4 Å². The lowest BCUT2D eigenvalue weighted by Crippen LogP contribution is -2.45. The van der Waals surface area contributed by atoms with Crippen molar-refractivity contribution < 1.29 is 24.5 Å². The quantitative estimate of drug-likeness (QED) is 0.0417. The Morgan fingerprint density at radius 3 is 0.836 bits per heavy atom. The van der Waals surface area contributed by atoms with Crippen LogP contribution in [0.3, 0.4) is 0 Å². The van der Waals surface area contributed by atoms with E-state index in [-0.39, 0.29) is 18.5 Å². The van der Waals surface area contributed by atoms with Gasteiger partial charge in [-0.2, -0.15) is 0 Å². The Morgan fingerprint density at radius 2 is 0.562 bits per heavy atom. The topological polar surface area (TPSA) is 95.9 Å². The van der Waals surface area contributed by atoms with Gasteiger partial charge in [-0.05, 0) is 25.7 Å². The van der Waals surface area contributed by atoms with Gasteiger partial charge in [-0.1, -0.05) is 354 Å². The highest BCUT2D eigenvalue weighted by molar-refractivity contribution is 5.76. The summed E-state index contributed by atoms with van der Waals surface area (Å²) >= 11 is 0. The molecule has 0 aromatic heterocycles. The lowest BCUT2D eigenvalue weighted by Gasteiger charge is -2.22. The first-order valence-electron chi connectivity index (χ1n) is 33.8. The number of rotatable bonds is 64. The van der Waals surface area contributed by atoms with Crippen molar-refractivity contribution in [3.05, 3.63) is 0 Å². The van der Waals surface area contributed by atoms with E-state index in [1.165, 1.54) is 321 Å². The molecule has 0 aliphatic rings. The minimum absolute atomic E-state index is 0.0181. The highest BCUT2D eigenvalue weighted by Gasteiger charge is 2.20. The summed E-state index contributed by atoms with van der Waals surface area (Å²) in [5, 5.41) is 23.4. The van der Waals surface area contributed by atoms with Gasteiger partial charge in [-0.3, -0.25) is 9.59 Å². The second-order valence-electron chi connectivity index (χ2n) is 23.5. The second-order valence-corrected chi connectivity index (χ2v) is 23.5. The van der Waals surface area contributed by atoms with Crippen LogP contribution in [0, 0.1) is 0 Å². The number of aliphatic hydroxyl groups is 2. The van der Waals surface area contributed by atoms with Crippen LogP contribution >= 0.6 is 0 Å². The predicted molar refractivity (Wildman–Crippen MR) is 320 cm³/mol. The minimum Gasteiger partial charge on any atom is -0.466 e. The molecule has 0 heterocycles. The number of aliphatic hydroxyl groups excluding tert-OH is 2. The number of esters is 1. The number of ether oxygens (including phenoxy) is 1. The van der Waals surface area contributed by atoms with Crippen LogP contribution in [0.4, 0.5) is 0 Å². The summed E-state index contributed by atoms with van der Waals surface area (Å²) < 4.78 is 5.47. The third-order valence-corrected chi connectivity index (χ3v) is 16.2. The maximum absolute atomic E-state index is 12.5. The fraction of sp³-hybridized carbons (Fsp3) is 0.970. The van der Waals surface area contributed by atoms with Crippen molar-refractivity contribution >= 4 is 11.9 Å². The molecule has 0 aliphatic carbocycles. The molecule has 3 N–H and O–H groups in total. The number of nitrogens with one attached hydrogen (secondary N) is 1. The van der Waals surface area contributed by atoms with Crippen molar-refractivity contribution in [1.29, 1.82) is 0 Å². The summed E-state index contributed by atoms with van der Waals surface area (Å²) in [5.41, 5.74) is 0. The van der Waals surface area contributed by atoms with Crippen molar-refractivity contribution in [2.45, 2.75) is 405 Å². The zero-order chi connectivity index (χ0) is 52.9. The van der Waals surface area contributed by atoms with Crippen molar-refractivity contribution in [3.8, 4) is 0 Å². The SMILES string of the molecule is CCCCCCCCCCCCCCCCCCCCCC(O)C(CO)NC(=O)CCCCCCCCCCCCCCCCCCCCCCCCCCCCOC(=O)CCCCCCCCCCCCC. The molecule has 0 aromatic carbocycles. The van der Waals surface area contributed by atoms with Gasteiger partial charge in [0.05, 0.1) is 25.4 Å². The van der Waals surface area contributed by atoms with Crippen LogP contribution in [0.15, 0.2) is 0 Å². The number of carbonyl (C=O) groups excluding carboxylic acids is 2. The Morgan fingerprint density at radius 1 is 0.329 bits per heavy atom. The van der Waals surface area contributed by atoms with E-state index in [1.54, 1.807) is 0 Å². The fourth-order valence-electron chi connectivity index (χ4n) is 11.0. The Balaban J connectivity index is 3.35. The van der Waals surface area contributed by atoms with Crippen LogP contribution in [-0.2, 0) is 14.3 Å².